The zero-order chi connectivity index (χ0) is 40.5. The lowest BCUT2D eigenvalue weighted by Gasteiger charge is -2.38. The summed E-state index contributed by atoms with van der Waals surface area (Å²) in [6, 6.07) is 24.9. The maximum absolute atomic E-state index is 12.7. The normalized spacial score (nSPS) is 16.8. The van der Waals surface area contributed by atoms with E-state index in [1.807, 2.05) is 24.3 Å². The van der Waals surface area contributed by atoms with Crippen LogP contribution in [0.5, 0.6) is 0 Å². The van der Waals surface area contributed by atoms with Gasteiger partial charge in [-0.25, -0.2) is 0 Å². The first-order valence-electron chi connectivity index (χ1n) is 22.3. The van der Waals surface area contributed by atoms with Crippen LogP contribution in [0, 0.1) is 0 Å². The predicted molar refractivity (Wildman–Crippen MR) is 232 cm³/mol. The van der Waals surface area contributed by atoms with Crippen molar-refractivity contribution in [2.24, 2.45) is 0 Å². The number of carbonyl (C=O) groups excluding carboxylic acids is 2. The van der Waals surface area contributed by atoms with Gasteiger partial charge in [-0.2, -0.15) is 0 Å². The zero-order valence-corrected chi connectivity index (χ0v) is 35.5. The lowest BCUT2D eigenvalue weighted by molar-refractivity contribution is -0.253. The summed E-state index contributed by atoms with van der Waals surface area (Å²) in [5.74, 6) is 0.0224. The van der Waals surface area contributed by atoms with Gasteiger partial charge in [-0.3, -0.25) is 9.59 Å². The quantitative estimate of drug-likeness (QED) is 0.0634. The molecule has 1 aliphatic heterocycles. The van der Waals surface area contributed by atoms with E-state index in [4.69, 9.17) is 9.47 Å². The van der Waals surface area contributed by atoms with E-state index in [2.05, 4.69) is 77.9 Å². The summed E-state index contributed by atoms with van der Waals surface area (Å²) in [6.45, 7) is 10.3. The Morgan fingerprint density at radius 1 is 0.702 bits per heavy atom. The molecule has 8 heteroatoms. The van der Waals surface area contributed by atoms with Crippen molar-refractivity contribution in [2.75, 3.05) is 26.2 Å². The molecule has 1 heterocycles. The third-order valence-electron chi connectivity index (χ3n) is 11.2. The summed E-state index contributed by atoms with van der Waals surface area (Å²) in [5, 5.41) is 15.6. The molecule has 0 unspecified atom stereocenters. The molecule has 57 heavy (non-hydrogen) atoms. The van der Waals surface area contributed by atoms with Crippen LogP contribution in [-0.4, -0.2) is 54.1 Å². The second-order valence-corrected chi connectivity index (χ2v) is 16.0. The van der Waals surface area contributed by atoms with E-state index in [1.54, 1.807) is 0 Å². The first-order chi connectivity index (χ1) is 27.9. The highest BCUT2D eigenvalue weighted by atomic mass is 16.7. The second-order valence-electron chi connectivity index (χ2n) is 16.0. The van der Waals surface area contributed by atoms with Gasteiger partial charge >= 0.3 is 0 Å². The van der Waals surface area contributed by atoms with Gasteiger partial charge in [0.15, 0.2) is 6.29 Å². The summed E-state index contributed by atoms with van der Waals surface area (Å²) < 4.78 is 13.6. The Labute approximate surface area is 344 Å². The zero-order valence-electron chi connectivity index (χ0n) is 35.5. The predicted octanol–water partition coefficient (Wildman–Crippen LogP) is 10.7. The van der Waals surface area contributed by atoms with Crippen LogP contribution < -0.4 is 10.6 Å². The van der Waals surface area contributed by atoms with Gasteiger partial charge in [-0.15, -0.1) is 0 Å². The maximum atomic E-state index is 12.7. The van der Waals surface area contributed by atoms with Gasteiger partial charge in [0, 0.05) is 45.0 Å². The van der Waals surface area contributed by atoms with Gasteiger partial charge in [-0.1, -0.05) is 157 Å². The molecule has 0 spiro atoms. The molecule has 0 aromatic heterocycles. The number of hydrogen-bond acceptors (Lipinski definition) is 6. The molecule has 3 N–H and O–H groups in total. The van der Waals surface area contributed by atoms with Gasteiger partial charge in [-0.05, 0) is 66.6 Å². The summed E-state index contributed by atoms with van der Waals surface area (Å²) >= 11 is 0. The van der Waals surface area contributed by atoms with E-state index < -0.39 is 6.29 Å². The van der Waals surface area contributed by atoms with Gasteiger partial charge < -0.3 is 30.1 Å². The topological polar surface area (TPSA) is 100 Å². The van der Waals surface area contributed by atoms with E-state index in [0.29, 0.717) is 19.5 Å². The third kappa shape index (κ3) is 17.4. The van der Waals surface area contributed by atoms with E-state index in [1.165, 1.54) is 84.0 Å². The summed E-state index contributed by atoms with van der Waals surface area (Å²) in [4.78, 5) is 26.4. The monoisotopic (exact) mass is 784 g/mol. The Balaban J connectivity index is 1.43. The van der Waals surface area contributed by atoms with Crippen molar-refractivity contribution in [3.8, 4) is 11.1 Å². The number of amides is 2. The van der Waals surface area contributed by atoms with E-state index in [9.17, 15) is 14.7 Å². The summed E-state index contributed by atoms with van der Waals surface area (Å²) in [6.07, 6.45) is 18.8. The van der Waals surface area contributed by atoms with E-state index in [-0.39, 0.29) is 30.6 Å². The number of nitrogens with one attached hydrogen (secondary N) is 2. The Morgan fingerprint density at radius 2 is 1.32 bits per heavy atom. The number of aliphatic hydroxyl groups excluding tert-OH is 1. The minimum atomic E-state index is -0.502. The number of unbranched alkanes of at least 4 members (excludes halogenated alkanes) is 12. The van der Waals surface area contributed by atoms with Crippen molar-refractivity contribution in [1.82, 2.24) is 15.5 Å². The SMILES string of the molecule is CCCCCCCCN(CCCCCCCC)C[C@H]1C[C@@H](c2ccc(CO)cc2)O[C@@H](c2ccc(-c3ccccc3CNC(=O)CCCCCNC(C)=O)cc2)O1. The Kier molecular flexibility index (Phi) is 22.0. The molecular formula is C49H73N3O5. The number of aliphatic hydroxyl groups is 1. The standard InChI is InChI=1S/C49H73N3O5/c1-4-6-8-10-12-19-33-52(34-20-13-11-9-7-5-2)37-45-35-47(42-26-24-40(38-53)25-27-42)57-49(56-45)43-30-28-41(29-31-43)46-22-17-16-21-44(46)36-51-48(55)23-15-14-18-32-50-39(3)54/h16-17,21-22,24-31,45,47,49,53H,4-15,18-20,23,32-38H2,1-3H3,(H,50,54)(H,51,55)/t45-,47+,49+/m1/s1. The number of nitrogens with zero attached hydrogens (tertiary/aromatic N) is 1. The van der Waals surface area contributed by atoms with Crippen LogP contribution in [0.25, 0.3) is 11.1 Å². The fourth-order valence-electron chi connectivity index (χ4n) is 7.76. The minimum Gasteiger partial charge on any atom is -0.392 e. The van der Waals surface area contributed by atoms with Crippen molar-refractivity contribution < 1.29 is 24.2 Å². The van der Waals surface area contributed by atoms with Gasteiger partial charge in [0.2, 0.25) is 11.8 Å². The molecule has 1 aliphatic rings. The smallest absolute Gasteiger partial charge is 0.220 e. The van der Waals surface area contributed by atoms with Crippen molar-refractivity contribution in [3.05, 3.63) is 95.1 Å². The molecule has 2 amide bonds. The van der Waals surface area contributed by atoms with E-state index >= 15 is 0 Å². The van der Waals surface area contributed by atoms with Gasteiger partial charge in [0.05, 0.1) is 18.8 Å². The number of ether oxygens (including phenoxy) is 2. The fourth-order valence-corrected chi connectivity index (χ4v) is 7.76. The van der Waals surface area contributed by atoms with Crippen LogP contribution in [-0.2, 0) is 32.2 Å². The lowest BCUT2D eigenvalue weighted by Crippen LogP contribution is -2.40. The largest absolute Gasteiger partial charge is 0.392 e. The van der Waals surface area contributed by atoms with Crippen molar-refractivity contribution >= 4 is 11.8 Å². The summed E-state index contributed by atoms with van der Waals surface area (Å²) in [7, 11) is 0. The fraction of sp³-hybridized carbons (Fsp3) is 0.592. The average Bonchev–Trinajstić information content (AvgIpc) is 3.23. The number of benzene rings is 3. The first kappa shape index (κ1) is 46.1. The van der Waals surface area contributed by atoms with Gasteiger partial charge in [0.1, 0.15) is 0 Å². The highest BCUT2D eigenvalue weighted by Gasteiger charge is 2.33. The van der Waals surface area contributed by atoms with Crippen LogP contribution in [0.15, 0.2) is 72.8 Å². The Bertz CT molecular complexity index is 1530. The Hall–Kier alpha value is -3.56. The summed E-state index contributed by atoms with van der Waals surface area (Å²) in [5.41, 5.74) is 6.23. The second kappa shape index (κ2) is 27.2. The molecule has 3 aromatic carbocycles. The van der Waals surface area contributed by atoms with E-state index in [0.717, 1.165) is 78.7 Å². The minimum absolute atomic E-state index is 0.0182. The first-order valence-corrected chi connectivity index (χ1v) is 22.3. The molecule has 0 radical (unpaired) electrons. The van der Waals surface area contributed by atoms with Crippen LogP contribution in [0.4, 0.5) is 0 Å². The highest BCUT2D eigenvalue weighted by molar-refractivity contribution is 5.76. The highest BCUT2D eigenvalue weighted by Crippen LogP contribution is 2.39. The van der Waals surface area contributed by atoms with Crippen LogP contribution in [0.2, 0.25) is 0 Å². The molecule has 0 saturated carbocycles. The van der Waals surface area contributed by atoms with Crippen LogP contribution in [0.3, 0.4) is 0 Å². The maximum Gasteiger partial charge on any atom is 0.220 e. The van der Waals surface area contributed by atoms with Crippen molar-refractivity contribution in [1.29, 1.82) is 0 Å². The molecule has 8 nitrogen and oxygen atoms in total. The van der Waals surface area contributed by atoms with Crippen LogP contribution in [0.1, 0.15) is 165 Å². The molecule has 314 valence electrons. The molecule has 0 aliphatic carbocycles. The van der Waals surface area contributed by atoms with Crippen LogP contribution >= 0.6 is 0 Å². The molecule has 3 aromatic rings. The number of rotatable bonds is 28. The lowest BCUT2D eigenvalue weighted by atomic mass is 9.97. The third-order valence-corrected chi connectivity index (χ3v) is 11.2. The average molecular weight is 784 g/mol. The molecule has 1 saturated heterocycles. The molecular weight excluding hydrogens is 711 g/mol. The van der Waals surface area contributed by atoms with Crippen molar-refractivity contribution in [2.45, 2.75) is 162 Å². The molecule has 1 fully saturated rings. The number of carbonyl (C=O) groups is 2. The van der Waals surface area contributed by atoms with Gasteiger partial charge in [0.25, 0.3) is 0 Å². The number of hydrogen-bond donors (Lipinski definition) is 3. The molecule has 4 rings (SSSR count). The molecule has 3 atom stereocenters. The van der Waals surface area contributed by atoms with Crippen molar-refractivity contribution in [3.63, 3.8) is 0 Å². The Morgan fingerprint density at radius 3 is 1.96 bits per heavy atom. The molecule has 0 bridgehead atoms.